The summed E-state index contributed by atoms with van der Waals surface area (Å²) in [5.74, 6) is -0.232. The summed E-state index contributed by atoms with van der Waals surface area (Å²) in [5.41, 5.74) is 10.8. The van der Waals surface area contributed by atoms with Crippen molar-refractivity contribution in [2.75, 3.05) is 12.3 Å². The largest absolute Gasteiger partial charge is 0.462 e. The van der Waals surface area contributed by atoms with E-state index in [1.165, 1.54) is 25.7 Å². The van der Waals surface area contributed by atoms with Crippen LogP contribution in [0.3, 0.4) is 0 Å². The molecule has 0 saturated carbocycles. The molecular formula is C27H31ClN4O2. The Balaban J connectivity index is 1.64. The van der Waals surface area contributed by atoms with E-state index >= 15 is 0 Å². The van der Waals surface area contributed by atoms with Crippen molar-refractivity contribution >= 4 is 45.6 Å². The number of benzene rings is 2. The first kappa shape index (κ1) is 24.0. The molecule has 0 saturated heterocycles. The Morgan fingerprint density at radius 1 is 1.00 bits per heavy atom. The van der Waals surface area contributed by atoms with Gasteiger partial charge in [-0.1, -0.05) is 75.2 Å². The van der Waals surface area contributed by atoms with Crippen LogP contribution in [0.5, 0.6) is 0 Å². The highest BCUT2D eigenvalue weighted by Crippen LogP contribution is 2.32. The number of halogens is 1. The molecule has 6 nitrogen and oxygen atoms in total. The lowest BCUT2D eigenvalue weighted by Gasteiger charge is -2.09. The predicted molar refractivity (Wildman–Crippen MR) is 139 cm³/mol. The molecule has 0 bridgehead atoms. The summed E-state index contributed by atoms with van der Waals surface area (Å²) < 4.78 is 7.35. The molecule has 4 rings (SSSR count). The molecule has 0 aliphatic carbocycles. The lowest BCUT2D eigenvalue weighted by atomic mass is 10.1. The minimum atomic E-state index is -0.477. The Bertz CT molecular complexity index is 1320. The Morgan fingerprint density at radius 3 is 2.38 bits per heavy atom. The van der Waals surface area contributed by atoms with Gasteiger partial charge in [-0.05, 0) is 43.2 Å². The fraction of sp³-hybridized carbons (Fsp3) is 0.370. The molecule has 0 spiro atoms. The van der Waals surface area contributed by atoms with Crippen molar-refractivity contribution < 1.29 is 9.53 Å². The van der Waals surface area contributed by atoms with Crippen molar-refractivity contribution in [3.05, 3.63) is 58.6 Å². The third-order valence-corrected chi connectivity index (χ3v) is 6.50. The van der Waals surface area contributed by atoms with Crippen LogP contribution in [0.4, 0.5) is 5.82 Å². The zero-order valence-corrected chi connectivity index (χ0v) is 20.6. The number of para-hydroxylation sites is 2. The van der Waals surface area contributed by atoms with Crippen LogP contribution in [0.25, 0.3) is 27.9 Å². The zero-order valence-electron chi connectivity index (χ0n) is 19.8. The third kappa shape index (κ3) is 5.02. The Kier molecular flexibility index (Phi) is 7.68. The van der Waals surface area contributed by atoms with E-state index in [0.717, 1.165) is 30.3 Å². The van der Waals surface area contributed by atoms with E-state index in [0.29, 0.717) is 34.0 Å². The number of hydrogen-bond acceptors (Lipinski definition) is 5. The summed E-state index contributed by atoms with van der Waals surface area (Å²) in [5, 5.41) is 0.607. The molecule has 2 aromatic heterocycles. The van der Waals surface area contributed by atoms with Gasteiger partial charge in [0.05, 0.1) is 23.3 Å². The molecule has 0 amide bonds. The van der Waals surface area contributed by atoms with E-state index in [4.69, 9.17) is 32.0 Å². The van der Waals surface area contributed by atoms with E-state index in [9.17, 15) is 4.79 Å². The van der Waals surface area contributed by atoms with Crippen molar-refractivity contribution in [1.82, 2.24) is 14.5 Å². The highest BCUT2D eigenvalue weighted by atomic mass is 35.5. The summed E-state index contributed by atoms with van der Waals surface area (Å²) in [6.45, 7) is 4.50. The number of nitrogen functional groups attached to an aromatic ring is 1. The highest BCUT2D eigenvalue weighted by molar-refractivity contribution is 6.31. The van der Waals surface area contributed by atoms with Gasteiger partial charge in [-0.3, -0.25) is 4.57 Å². The van der Waals surface area contributed by atoms with Gasteiger partial charge < -0.3 is 10.5 Å². The first-order chi connectivity index (χ1) is 16.5. The van der Waals surface area contributed by atoms with Crippen LogP contribution >= 0.6 is 11.6 Å². The van der Waals surface area contributed by atoms with Crippen LogP contribution in [0, 0.1) is 6.92 Å². The molecule has 0 aliphatic rings. The molecule has 0 fully saturated rings. The van der Waals surface area contributed by atoms with Gasteiger partial charge >= 0.3 is 5.97 Å². The van der Waals surface area contributed by atoms with Crippen LogP contribution in [-0.4, -0.2) is 27.1 Å². The van der Waals surface area contributed by atoms with Gasteiger partial charge in [0.25, 0.3) is 0 Å². The number of rotatable bonds is 10. The molecule has 34 heavy (non-hydrogen) atoms. The average Bonchev–Trinajstić information content (AvgIpc) is 3.11. The number of carbonyl (C=O) groups excluding carboxylic acids is 1. The molecule has 0 unspecified atom stereocenters. The van der Waals surface area contributed by atoms with Gasteiger partial charge in [-0.2, -0.15) is 0 Å². The maximum atomic E-state index is 13.1. The first-order valence-electron chi connectivity index (χ1n) is 12.0. The van der Waals surface area contributed by atoms with E-state index in [2.05, 4.69) is 6.92 Å². The van der Waals surface area contributed by atoms with E-state index in [-0.39, 0.29) is 11.4 Å². The summed E-state index contributed by atoms with van der Waals surface area (Å²) in [4.78, 5) is 22.7. The molecule has 178 valence electrons. The van der Waals surface area contributed by atoms with Gasteiger partial charge in [-0.25, -0.2) is 14.8 Å². The number of ether oxygens (including phenoxy) is 1. The minimum absolute atomic E-state index is 0.243. The van der Waals surface area contributed by atoms with Gasteiger partial charge in [0.1, 0.15) is 16.9 Å². The van der Waals surface area contributed by atoms with Gasteiger partial charge in [0, 0.05) is 5.02 Å². The summed E-state index contributed by atoms with van der Waals surface area (Å²) >= 11 is 6.39. The standard InChI is InChI=1S/C27H31ClN4O2/c1-3-4-5-6-7-8-11-16-34-27(33)23-24-26(31-22-13-10-9-12-21(22)30-24)32(25(23)29)19-15-14-18(2)20(28)17-19/h9-10,12-15,17H,3-8,11,16,29H2,1-2H3. The molecule has 7 heteroatoms. The highest BCUT2D eigenvalue weighted by Gasteiger charge is 2.26. The average molecular weight is 479 g/mol. The fourth-order valence-corrected chi connectivity index (χ4v) is 4.32. The number of carbonyl (C=O) groups is 1. The van der Waals surface area contributed by atoms with Gasteiger partial charge in [0.15, 0.2) is 5.65 Å². The second-order valence-electron chi connectivity index (χ2n) is 8.67. The van der Waals surface area contributed by atoms with Crippen molar-refractivity contribution in [1.29, 1.82) is 0 Å². The Morgan fingerprint density at radius 2 is 1.68 bits per heavy atom. The molecule has 0 atom stereocenters. The molecular weight excluding hydrogens is 448 g/mol. The van der Waals surface area contributed by atoms with E-state index in [1.54, 1.807) is 4.57 Å². The first-order valence-corrected chi connectivity index (χ1v) is 12.4. The second-order valence-corrected chi connectivity index (χ2v) is 9.08. The van der Waals surface area contributed by atoms with E-state index in [1.807, 2.05) is 49.4 Å². The minimum Gasteiger partial charge on any atom is -0.462 e. The number of unbranched alkanes of at least 4 members (excludes halogenated alkanes) is 6. The third-order valence-electron chi connectivity index (χ3n) is 6.10. The quantitative estimate of drug-likeness (QED) is 0.195. The number of aromatic nitrogens is 3. The van der Waals surface area contributed by atoms with E-state index < -0.39 is 5.97 Å². The zero-order chi connectivity index (χ0) is 24.1. The normalized spacial score (nSPS) is 11.4. The maximum Gasteiger partial charge on any atom is 0.344 e. The second kappa shape index (κ2) is 10.9. The van der Waals surface area contributed by atoms with Gasteiger partial charge in [-0.15, -0.1) is 0 Å². The molecule has 0 radical (unpaired) electrons. The van der Waals surface area contributed by atoms with Crippen LogP contribution < -0.4 is 5.73 Å². The van der Waals surface area contributed by atoms with Crippen LogP contribution in [0.1, 0.15) is 67.8 Å². The predicted octanol–water partition coefficient (Wildman–Crippen LogP) is 7.03. The number of aryl methyl sites for hydroxylation is 1. The SMILES string of the molecule is CCCCCCCCCOC(=O)c1c(N)n(-c2ccc(C)c(Cl)c2)c2nc3ccccc3nc12. The van der Waals surface area contributed by atoms with Crippen LogP contribution in [-0.2, 0) is 4.74 Å². The van der Waals surface area contributed by atoms with Crippen molar-refractivity contribution in [3.8, 4) is 5.69 Å². The number of esters is 1. The summed E-state index contributed by atoms with van der Waals surface area (Å²) in [7, 11) is 0. The number of nitrogens with zero attached hydrogens (tertiary/aromatic N) is 3. The summed E-state index contributed by atoms with van der Waals surface area (Å²) in [6.07, 6.45) is 8.04. The monoisotopic (exact) mass is 478 g/mol. The smallest absolute Gasteiger partial charge is 0.344 e. The molecule has 0 aliphatic heterocycles. The number of anilines is 1. The molecule has 2 heterocycles. The maximum absolute atomic E-state index is 13.1. The molecule has 2 aromatic carbocycles. The Labute approximate surface area is 205 Å². The molecule has 4 aromatic rings. The number of fused-ring (bicyclic) bond motifs is 2. The van der Waals surface area contributed by atoms with Crippen molar-refractivity contribution in [2.45, 2.75) is 58.8 Å². The van der Waals surface area contributed by atoms with Crippen LogP contribution in [0.15, 0.2) is 42.5 Å². The fourth-order valence-electron chi connectivity index (χ4n) is 4.14. The lowest BCUT2D eigenvalue weighted by Crippen LogP contribution is -2.10. The number of hydrogen-bond donors (Lipinski definition) is 1. The molecule has 2 N–H and O–H groups in total. The summed E-state index contributed by atoms with van der Waals surface area (Å²) in [6, 6.07) is 13.2. The van der Waals surface area contributed by atoms with Gasteiger partial charge in [0.2, 0.25) is 0 Å². The lowest BCUT2D eigenvalue weighted by molar-refractivity contribution is 0.0501. The Hall–Kier alpha value is -3.12. The van der Waals surface area contributed by atoms with Crippen molar-refractivity contribution in [2.24, 2.45) is 0 Å². The number of nitrogens with two attached hydrogens (primary N) is 1. The van der Waals surface area contributed by atoms with Crippen LogP contribution in [0.2, 0.25) is 5.02 Å². The van der Waals surface area contributed by atoms with Crippen molar-refractivity contribution in [3.63, 3.8) is 0 Å². The topological polar surface area (TPSA) is 83.0 Å².